The maximum atomic E-state index is 11.8. The molecule has 118 valence electrons. The fraction of sp³-hybridized carbons (Fsp3) is 0.533. The van der Waals surface area contributed by atoms with Gasteiger partial charge in [-0.2, -0.15) is 0 Å². The van der Waals surface area contributed by atoms with Gasteiger partial charge in [0.05, 0.1) is 11.9 Å². The lowest BCUT2D eigenvalue weighted by Gasteiger charge is -2.37. The lowest BCUT2D eigenvalue weighted by atomic mass is 10.1. The summed E-state index contributed by atoms with van der Waals surface area (Å²) in [6.45, 7) is 5.43. The van der Waals surface area contributed by atoms with Gasteiger partial charge in [0.15, 0.2) is 0 Å². The van der Waals surface area contributed by atoms with E-state index in [-0.39, 0.29) is 11.9 Å². The maximum absolute atomic E-state index is 11.8. The third-order valence-corrected chi connectivity index (χ3v) is 4.21. The number of carbonyl (C=O) groups is 2. The SMILES string of the molecule is CCC1CNCCN1c1ccc(N2CCC(=O)NC2=O)cn1. The molecular formula is C15H21N5O2. The highest BCUT2D eigenvalue weighted by atomic mass is 16.2. The van der Waals surface area contributed by atoms with E-state index in [9.17, 15) is 9.59 Å². The topological polar surface area (TPSA) is 77.6 Å². The highest BCUT2D eigenvalue weighted by molar-refractivity contribution is 6.05. The molecule has 0 radical (unpaired) electrons. The molecule has 2 aliphatic heterocycles. The van der Waals surface area contributed by atoms with E-state index >= 15 is 0 Å². The summed E-state index contributed by atoms with van der Waals surface area (Å²) in [5.41, 5.74) is 0.719. The van der Waals surface area contributed by atoms with E-state index in [2.05, 4.69) is 27.4 Å². The molecular weight excluding hydrogens is 282 g/mol. The largest absolute Gasteiger partial charge is 0.351 e. The second-order valence-corrected chi connectivity index (χ2v) is 5.59. The van der Waals surface area contributed by atoms with Crippen LogP contribution in [0.4, 0.5) is 16.3 Å². The quantitative estimate of drug-likeness (QED) is 0.860. The van der Waals surface area contributed by atoms with Gasteiger partial charge in [-0.25, -0.2) is 9.78 Å². The highest BCUT2D eigenvalue weighted by Gasteiger charge is 2.25. The van der Waals surface area contributed by atoms with E-state index in [0.717, 1.165) is 37.6 Å². The van der Waals surface area contributed by atoms with Gasteiger partial charge in [-0.3, -0.25) is 15.0 Å². The summed E-state index contributed by atoms with van der Waals surface area (Å²) >= 11 is 0. The molecule has 7 heteroatoms. The van der Waals surface area contributed by atoms with E-state index in [4.69, 9.17) is 0 Å². The minimum absolute atomic E-state index is 0.225. The second-order valence-electron chi connectivity index (χ2n) is 5.59. The summed E-state index contributed by atoms with van der Waals surface area (Å²) in [7, 11) is 0. The zero-order valence-corrected chi connectivity index (χ0v) is 12.7. The van der Waals surface area contributed by atoms with Crippen molar-refractivity contribution in [2.24, 2.45) is 0 Å². The number of anilines is 2. The molecule has 0 spiro atoms. The van der Waals surface area contributed by atoms with Crippen LogP contribution in [0, 0.1) is 0 Å². The van der Waals surface area contributed by atoms with Gasteiger partial charge >= 0.3 is 6.03 Å². The zero-order valence-electron chi connectivity index (χ0n) is 12.7. The number of aromatic nitrogens is 1. The van der Waals surface area contributed by atoms with Gasteiger partial charge in [0, 0.05) is 38.6 Å². The first-order chi connectivity index (χ1) is 10.7. The Morgan fingerprint density at radius 1 is 1.32 bits per heavy atom. The van der Waals surface area contributed by atoms with Gasteiger partial charge in [-0.15, -0.1) is 0 Å². The van der Waals surface area contributed by atoms with Crippen LogP contribution in [0.1, 0.15) is 19.8 Å². The number of hydrogen-bond donors (Lipinski definition) is 2. The molecule has 1 unspecified atom stereocenters. The molecule has 2 N–H and O–H groups in total. The van der Waals surface area contributed by atoms with Crippen molar-refractivity contribution >= 4 is 23.4 Å². The van der Waals surface area contributed by atoms with Crippen LogP contribution in [-0.4, -0.2) is 49.1 Å². The number of amides is 3. The number of nitrogens with zero attached hydrogens (tertiary/aromatic N) is 3. The number of imide groups is 1. The Morgan fingerprint density at radius 2 is 2.18 bits per heavy atom. The minimum atomic E-state index is -0.376. The molecule has 0 bridgehead atoms. The minimum Gasteiger partial charge on any atom is -0.351 e. The Morgan fingerprint density at radius 3 is 2.86 bits per heavy atom. The highest BCUT2D eigenvalue weighted by Crippen LogP contribution is 2.22. The van der Waals surface area contributed by atoms with E-state index in [0.29, 0.717) is 19.0 Å². The predicted molar refractivity (Wildman–Crippen MR) is 84.0 cm³/mol. The average Bonchev–Trinajstić information content (AvgIpc) is 2.55. The van der Waals surface area contributed by atoms with Crippen LogP contribution in [0.2, 0.25) is 0 Å². The van der Waals surface area contributed by atoms with Crippen molar-refractivity contribution in [2.45, 2.75) is 25.8 Å². The number of piperazine rings is 1. The molecule has 22 heavy (non-hydrogen) atoms. The smallest absolute Gasteiger partial charge is 0.328 e. The Kier molecular flexibility index (Phi) is 4.24. The van der Waals surface area contributed by atoms with E-state index in [1.165, 1.54) is 0 Å². The third kappa shape index (κ3) is 2.89. The lowest BCUT2D eigenvalue weighted by Crippen LogP contribution is -2.51. The number of pyridine rings is 1. The Bertz CT molecular complexity index is 560. The van der Waals surface area contributed by atoms with Crippen LogP contribution < -0.4 is 20.4 Å². The molecule has 0 aliphatic carbocycles. The molecule has 1 atom stereocenters. The Labute approximate surface area is 129 Å². The first-order valence-corrected chi connectivity index (χ1v) is 7.74. The first kappa shape index (κ1) is 14.8. The fourth-order valence-electron chi connectivity index (χ4n) is 2.95. The Hall–Kier alpha value is -2.15. The summed E-state index contributed by atoms with van der Waals surface area (Å²) in [5, 5.41) is 5.72. The van der Waals surface area contributed by atoms with Gasteiger partial charge in [0.2, 0.25) is 5.91 Å². The summed E-state index contributed by atoms with van der Waals surface area (Å²) in [5.74, 6) is 0.711. The summed E-state index contributed by atoms with van der Waals surface area (Å²) in [4.78, 5) is 31.4. The van der Waals surface area contributed by atoms with Crippen molar-refractivity contribution in [3.8, 4) is 0 Å². The molecule has 7 nitrogen and oxygen atoms in total. The molecule has 1 aromatic rings. The van der Waals surface area contributed by atoms with Crippen molar-refractivity contribution in [3.63, 3.8) is 0 Å². The van der Waals surface area contributed by atoms with Gasteiger partial charge in [0.1, 0.15) is 5.82 Å². The summed E-state index contributed by atoms with van der Waals surface area (Å²) in [6, 6.07) is 3.92. The van der Waals surface area contributed by atoms with Crippen molar-refractivity contribution in [3.05, 3.63) is 18.3 Å². The second kappa shape index (κ2) is 6.31. The monoisotopic (exact) mass is 303 g/mol. The number of rotatable bonds is 3. The van der Waals surface area contributed by atoms with Gasteiger partial charge < -0.3 is 10.2 Å². The number of carbonyl (C=O) groups excluding carboxylic acids is 2. The average molecular weight is 303 g/mol. The first-order valence-electron chi connectivity index (χ1n) is 7.74. The van der Waals surface area contributed by atoms with Crippen LogP contribution in [0.5, 0.6) is 0 Å². The standard InChI is InChI=1S/C15H21N5O2/c1-2-11-9-16-6-8-19(11)13-4-3-12(10-17-13)20-7-5-14(21)18-15(20)22/h3-4,10-11,16H,2,5-9H2,1H3,(H,18,21,22). The van der Waals surface area contributed by atoms with Gasteiger partial charge in [0.25, 0.3) is 0 Å². The van der Waals surface area contributed by atoms with Crippen LogP contribution in [0.3, 0.4) is 0 Å². The molecule has 3 amide bonds. The molecule has 1 aromatic heterocycles. The fourth-order valence-corrected chi connectivity index (χ4v) is 2.95. The zero-order chi connectivity index (χ0) is 15.5. The van der Waals surface area contributed by atoms with Crippen molar-refractivity contribution in [1.82, 2.24) is 15.6 Å². The van der Waals surface area contributed by atoms with Crippen molar-refractivity contribution < 1.29 is 9.59 Å². The van der Waals surface area contributed by atoms with E-state index in [1.807, 2.05) is 12.1 Å². The van der Waals surface area contributed by atoms with Crippen LogP contribution in [0.15, 0.2) is 18.3 Å². The number of nitrogens with one attached hydrogen (secondary N) is 2. The van der Waals surface area contributed by atoms with Crippen LogP contribution >= 0.6 is 0 Å². The Balaban J connectivity index is 1.75. The molecule has 2 saturated heterocycles. The molecule has 3 rings (SSSR count). The third-order valence-electron chi connectivity index (χ3n) is 4.21. The molecule has 0 aromatic carbocycles. The normalized spacial score (nSPS) is 22.7. The molecule has 2 aliphatic rings. The number of hydrogen-bond acceptors (Lipinski definition) is 5. The number of urea groups is 1. The van der Waals surface area contributed by atoms with Crippen molar-refractivity contribution in [2.75, 3.05) is 36.0 Å². The van der Waals surface area contributed by atoms with Crippen LogP contribution in [-0.2, 0) is 4.79 Å². The van der Waals surface area contributed by atoms with Gasteiger partial charge in [-0.05, 0) is 18.6 Å². The predicted octanol–water partition coefficient (Wildman–Crippen LogP) is 0.716. The molecule has 0 saturated carbocycles. The van der Waals surface area contributed by atoms with Crippen molar-refractivity contribution in [1.29, 1.82) is 0 Å². The maximum Gasteiger partial charge on any atom is 0.328 e. The van der Waals surface area contributed by atoms with E-state index < -0.39 is 0 Å². The molecule has 2 fully saturated rings. The van der Waals surface area contributed by atoms with E-state index in [1.54, 1.807) is 11.1 Å². The van der Waals surface area contributed by atoms with Gasteiger partial charge in [-0.1, -0.05) is 6.92 Å². The lowest BCUT2D eigenvalue weighted by molar-refractivity contribution is -0.120. The summed E-state index contributed by atoms with van der Waals surface area (Å²) < 4.78 is 0. The van der Waals surface area contributed by atoms with Crippen LogP contribution in [0.25, 0.3) is 0 Å². The molecule has 3 heterocycles. The summed E-state index contributed by atoms with van der Waals surface area (Å²) in [6.07, 6.45) is 3.09.